The van der Waals surface area contributed by atoms with Crippen molar-refractivity contribution < 1.29 is 22.7 Å². The maximum Gasteiger partial charge on any atom is 0.422 e. The summed E-state index contributed by atoms with van der Waals surface area (Å²) < 4.78 is 42.9. The maximum absolute atomic E-state index is 12.3. The van der Waals surface area contributed by atoms with E-state index in [1.807, 2.05) is 27.8 Å². The van der Waals surface area contributed by atoms with Crippen LogP contribution in [0, 0.1) is 13.8 Å². The van der Waals surface area contributed by atoms with Crippen molar-refractivity contribution in [3.05, 3.63) is 46.8 Å². The zero-order valence-corrected chi connectivity index (χ0v) is 15.1. The summed E-state index contributed by atoms with van der Waals surface area (Å²) in [5, 5.41) is 7.18. The van der Waals surface area contributed by atoms with Crippen LogP contribution in [-0.2, 0) is 18.3 Å². The Morgan fingerprint density at radius 3 is 2.38 bits per heavy atom. The summed E-state index contributed by atoms with van der Waals surface area (Å²) in [4.78, 5) is 12.3. The van der Waals surface area contributed by atoms with Gasteiger partial charge >= 0.3 is 6.18 Å². The average Bonchev–Trinajstić information content (AvgIpc) is 2.79. The highest BCUT2D eigenvalue weighted by molar-refractivity contribution is 5.79. The van der Waals surface area contributed by atoms with Gasteiger partial charge in [0.15, 0.2) is 6.61 Å². The molecule has 26 heavy (non-hydrogen) atoms. The number of aromatic nitrogens is 2. The minimum atomic E-state index is -4.37. The Morgan fingerprint density at radius 1 is 1.27 bits per heavy atom. The Balaban J connectivity index is 1.94. The summed E-state index contributed by atoms with van der Waals surface area (Å²) in [6, 6.07) is 5.91. The molecule has 1 N–H and O–H groups in total. The maximum atomic E-state index is 12.3. The van der Waals surface area contributed by atoms with Crippen molar-refractivity contribution in [3.63, 3.8) is 0 Å². The van der Waals surface area contributed by atoms with Crippen LogP contribution in [0.1, 0.15) is 35.5 Å². The van der Waals surface area contributed by atoms with Crippen LogP contribution in [0.2, 0.25) is 0 Å². The predicted molar refractivity (Wildman–Crippen MR) is 90.9 cm³/mol. The second-order valence-corrected chi connectivity index (χ2v) is 6.21. The van der Waals surface area contributed by atoms with E-state index in [4.69, 9.17) is 0 Å². The van der Waals surface area contributed by atoms with Gasteiger partial charge in [-0.15, -0.1) is 0 Å². The molecule has 2 rings (SSSR count). The van der Waals surface area contributed by atoms with Crippen molar-refractivity contribution in [1.82, 2.24) is 15.1 Å². The SMILES string of the molecule is Cc1nn(C)c(C)c1CC(=O)N[C@@H](C)c1ccc(OCC(F)(F)F)cc1. The summed E-state index contributed by atoms with van der Waals surface area (Å²) in [7, 11) is 1.83. The number of nitrogens with one attached hydrogen (secondary N) is 1. The van der Waals surface area contributed by atoms with Crippen LogP contribution in [0.15, 0.2) is 24.3 Å². The number of benzene rings is 1. The van der Waals surface area contributed by atoms with Gasteiger partial charge in [-0.1, -0.05) is 12.1 Å². The van der Waals surface area contributed by atoms with E-state index in [9.17, 15) is 18.0 Å². The Kier molecular flexibility index (Phi) is 5.94. The zero-order chi connectivity index (χ0) is 19.5. The predicted octanol–water partition coefficient (Wildman–Crippen LogP) is 3.40. The number of hydrogen-bond donors (Lipinski definition) is 1. The summed E-state index contributed by atoms with van der Waals surface area (Å²) in [6.07, 6.45) is -4.15. The summed E-state index contributed by atoms with van der Waals surface area (Å²) in [5.41, 5.74) is 3.43. The third-order valence-corrected chi connectivity index (χ3v) is 4.16. The highest BCUT2D eigenvalue weighted by Gasteiger charge is 2.28. The van der Waals surface area contributed by atoms with Gasteiger partial charge in [0, 0.05) is 18.3 Å². The molecule has 1 amide bonds. The molecule has 0 saturated heterocycles. The molecular weight excluding hydrogens is 347 g/mol. The van der Waals surface area contributed by atoms with Crippen molar-refractivity contribution in [3.8, 4) is 5.75 Å². The number of carbonyl (C=O) groups excluding carboxylic acids is 1. The molecular formula is C18H22F3N3O2. The standard InChI is InChI=1S/C18H22F3N3O2/c1-11(14-5-7-15(8-6-14)26-10-18(19,20)21)22-17(25)9-16-12(2)23-24(4)13(16)3/h5-8,11H,9-10H2,1-4H3,(H,22,25)/t11-/m0/s1. The van der Waals surface area contributed by atoms with Gasteiger partial charge in [-0.05, 0) is 38.5 Å². The summed E-state index contributed by atoms with van der Waals surface area (Å²) in [5.74, 6) is -0.0136. The van der Waals surface area contributed by atoms with E-state index in [0.717, 1.165) is 22.5 Å². The van der Waals surface area contributed by atoms with Crippen LogP contribution in [0.4, 0.5) is 13.2 Å². The topological polar surface area (TPSA) is 56.2 Å². The highest BCUT2D eigenvalue weighted by Crippen LogP contribution is 2.21. The van der Waals surface area contributed by atoms with Gasteiger partial charge in [0.05, 0.1) is 18.2 Å². The molecule has 1 aromatic carbocycles. The highest BCUT2D eigenvalue weighted by atomic mass is 19.4. The smallest absolute Gasteiger partial charge is 0.422 e. The molecule has 0 aliphatic heterocycles. The van der Waals surface area contributed by atoms with Crippen LogP contribution in [0.5, 0.6) is 5.75 Å². The van der Waals surface area contributed by atoms with E-state index in [-0.39, 0.29) is 24.1 Å². The van der Waals surface area contributed by atoms with Gasteiger partial charge in [-0.25, -0.2) is 0 Å². The molecule has 0 unspecified atom stereocenters. The largest absolute Gasteiger partial charge is 0.484 e. The minimum Gasteiger partial charge on any atom is -0.484 e. The average molecular weight is 369 g/mol. The number of hydrogen-bond acceptors (Lipinski definition) is 3. The van der Waals surface area contributed by atoms with Crippen molar-refractivity contribution in [2.24, 2.45) is 7.05 Å². The first kappa shape index (κ1) is 19.8. The minimum absolute atomic E-state index is 0.131. The first-order valence-corrected chi connectivity index (χ1v) is 8.15. The van der Waals surface area contributed by atoms with Gasteiger partial charge in [-0.2, -0.15) is 18.3 Å². The van der Waals surface area contributed by atoms with Gasteiger partial charge in [0.2, 0.25) is 5.91 Å². The van der Waals surface area contributed by atoms with Crippen molar-refractivity contribution >= 4 is 5.91 Å². The molecule has 0 bridgehead atoms. The van der Waals surface area contributed by atoms with Crippen molar-refractivity contribution in [1.29, 1.82) is 0 Å². The second-order valence-electron chi connectivity index (χ2n) is 6.21. The van der Waals surface area contributed by atoms with E-state index >= 15 is 0 Å². The lowest BCUT2D eigenvalue weighted by atomic mass is 10.1. The lowest BCUT2D eigenvalue weighted by molar-refractivity contribution is -0.153. The van der Waals surface area contributed by atoms with Crippen LogP contribution in [0.3, 0.4) is 0 Å². The third-order valence-electron chi connectivity index (χ3n) is 4.16. The fraction of sp³-hybridized carbons (Fsp3) is 0.444. The van der Waals surface area contributed by atoms with Gasteiger partial charge in [0.1, 0.15) is 5.75 Å². The molecule has 1 heterocycles. The van der Waals surface area contributed by atoms with Crippen LogP contribution >= 0.6 is 0 Å². The third kappa shape index (κ3) is 5.24. The monoisotopic (exact) mass is 369 g/mol. The number of carbonyl (C=O) groups is 1. The molecule has 0 saturated carbocycles. The molecule has 0 fully saturated rings. The summed E-state index contributed by atoms with van der Waals surface area (Å²) in [6.45, 7) is 4.25. The van der Waals surface area contributed by atoms with Gasteiger partial charge in [-0.3, -0.25) is 9.48 Å². The first-order valence-electron chi connectivity index (χ1n) is 8.15. The molecule has 2 aromatic rings. The number of aryl methyl sites for hydroxylation is 2. The molecule has 0 spiro atoms. The molecule has 8 heteroatoms. The Labute approximate surface area is 150 Å². The number of halogens is 3. The van der Waals surface area contributed by atoms with Gasteiger partial charge < -0.3 is 10.1 Å². The molecule has 0 aliphatic rings. The number of rotatable bonds is 6. The fourth-order valence-electron chi connectivity index (χ4n) is 2.63. The molecule has 0 radical (unpaired) electrons. The van der Waals surface area contributed by atoms with E-state index < -0.39 is 12.8 Å². The normalized spacial score (nSPS) is 12.7. The van der Waals surface area contributed by atoms with Crippen LogP contribution < -0.4 is 10.1 Å². The van der Waals surface area contributed by atoms with Crippen LogP contribution in [0.25, 0.3) is 0 Å². The molecule has 0 aliphatic carbocycles. The van der Waals surface area contributed by atoms with E-state index in [1.54, 1.807) is 16.8 Å². The van der Waals surface area contributed by atoms with Crippen LogP contribution in [-0.4, -0.2) is 28.5 Å². The molecule has 1 atom stereocenters. The van der Waals surface area contributed by atoms with E-state index in [2.05, 4.69) is 15.2 Å². The van der Waals surface area contributed by atoms with Crippen molar-refractivity contribution in [2.75, 3.05) is 6.61 Å². The lowest BCUT2D eigenvalue weighted by Gasteiger charge is -2.15. The Morgan fingerprint density at radius 2 is 1.88 bits per heavy atom. The quantitative estimate of drug-likeness (QED) is 0.849. The van der Waals surface area contributed by atoms with Gasteiger partial charge in [0.25, 0.3) is 0 Å². The fourth-order valence-corrected chi connectivity index (χ4v) is 2.63. The lowest BCUT2D eigenvalue weighted by Crippen LogP contribution is -2.28. The Hall–Kier alpha value is -2.51. The number of alkyl halides is 3. The number of amides is 1. The summed E-state index contributed by atoms with van der Waals surface area (Å²) >= 11 is 0. The van der Waals surface area contributed by atoms with E-state index in [0.29, 0.717) is 0 Å². The first-order chi connectivity index (χ1) is 12.1. The second kappa shape index (κ2) is 7.80. The number of ether oxygens (including phenoxy) is 1. The molecule has 5 nitrogen and oxygen atoms in total. The molecule has 142 valence electrons. The molecule has 1 aromatic heterocycles. The Bertz CT molecular complexity index is 767. The van der Waals surface area contributed by atoms with Crippen molar-refractivity contribution in [2.45, 2.75) is 39.4 Å². The van der Waals surface area contributed by atoms with E-state index in [1.165, 1.54) is 12.1 Å². The zero-order valence-electron chi connectivity index (χ0n) is 15.1. The number of nitrogens with zero attached hydrogens (tertiary/aromatic N) is 2.